The van der Waals surface area contributed by atoms with Gasteiger partial charge < -0.3 is 10.1 Å². The zero-order valence-electron chi connectivity index (χ0n) is 10.9. The summed E-state index contributed by atoms with van der Waals surface area (Å²) < 4.78 is 5.46. The van der Waals surface area contributed by atoms with Gasteiger partial charge in [-0.1, -0.05) is 18.2 Å². The zero-order chi connectivity index (χ0) is 12.3. The average molecular weight is 253 g/mol. The highest BCUT2D eigenvalue weighted by molar-refractivity contribution is 7.98. The second-order valence-corrected chi connectivity index (χ2v) is 4.91. The largest absolute Gasteiger partial charge is 0.385 e. The summed E-state index contributed by atoms with van der Waals surface area (Å²) in [5.74, 6) is 1.25. The van der Waals surface area contributed by atoms with E-state index >= 15 is 0 Å². The summed E-state index contributed by atoms with van der Waals surface area (Å²) in [5, 5.41) is 3.49. The van der Waals surface area contributed by atoms with Crippen LogP contribution in [0, 0.1) is 0 Å². The molecule has 0 bridgehead atoms. The number of ether oxygens (including phenoxy) is 1. The molecule has 3 heteroatoms. The van der Waals surface area contributed by atoms with Crippen LogP contribution < -0.4 is 5.32 Å². The molecule has 1 aromatic rings. The van der Waals surface area contributed by atoms with Gasteiger partial charge in [0.1, 0.15) is 0 Å². The molecule has 1 N–H and O–H groups in total. The van der Waals surface area contributed by atoms with Gasteiger partial charge in [-0.25, -0.2) is 0 Å². The average Bonchev–Trinajstić information content (AvgIpc) is 2.37. The highest BCUT2D eigenvalue weighted by Gasteiger charge is 2.00. The minimum atomic E-state index is 0.699. The molecule has 96 valence electrons. The Balaban J connectivity index is 2.35. The van der Waals surface area contributed by atoms with E-state index in [1.165, 1.54) is 29.8 Å². The van der Waals surface area contributed by atoms with Gasteiger partial charge in [-0.05, 0) is 37.8 Å². The fourth-order valence-corrected chi connectivity index (χ4v) is 2.12. The van der Waals surface area contributed by atoms with Crippen molar-refractivity contribution in [2.24, 2.45) is 0 Å². The lowest BCUT2D eigenvalue weighted by atomic mass is 10.2. The molecule has 0 fully saturated rings. The van der Waals surface area contributed by atoms with Gasteiger partial charge in [-0.3, -0.25) is 0 Å². The van der Waals surface area contributed by atoms with Gasteiger partial charge in [0.2, 0.25) is 0 Å². The predicted octanol–water partition coefficient (Wildman–Crippen LogP) is 3.78. The molecule has 0 aliphatic heterocycles. The van der Waals surface area contributed by atoms with Crippen molar-refractivity contribution in [2.45, 2.75) is 26.4 Å². The van der Waals surface area contributed by atoms with Crippen LogP contribution in [-0.4, -0.2) is 25.2 Å². The number of hydrogen-bond donors (Lipinski definition) is 1. The van der Waals surface area contributed by atoms with Crippen LogP contribution in [0.15, 0.2) is 24.3 Å². The van der Waals surface area contributed by atoms with Crippen LogP contribution in [0.1, 0.15) is 25.3 Å². The molecule has 0 heterocycles. The Hall–Kier alpha value is -0.670. The van der Waals surface area contributed by atoms with Crippen molar-refractivity contribution >= 4 is 17.4 Å². The molecule has 0 saturated heterocycles. The fourth-order valence-electron chi connectivity index (χ4n) is 1.63. The van der Waals surface area contributed by atoms with E-state index in [1.54, 1.807) is 0 Å². The third kappa shape index (κ3) is 5.99. The highest BCUT2D eigenvalue weighted by atomic mass is 32.2. The van der Waals surface area contributed by atoms with E-state index < -0.39 is 0 Å². The predicted molar refractivity (Wildman–Crippen MR) is 77.9 cm³/mol. The highest BCUT2D eigenvalue weighted by Crippen LogP contribution is 2.16. The molecule has 0 spiro atoms. The smallest absolute Gasteiger partial charge is 0.0736 e. The van der Waals surface area contributed by atoms with Gasteiger partial charge in [0.15, 0.2) is 0 Å². The maximum atomic E-state index is 5.46. The van der Waals surface area contributed by atoms with Gasteiger partial charge in [-0.15, -0.1) is 0 Å². The fraction of sp³-hybridized carbons (Fsp3) is 0.571. The number of thioether (sulfide) groups is 1. The number of hydrogen-bond acceptors (Lipinski definition) is 3. The van der Waals surface area contributed by atoms with Crippen molar-refractivity contribution in [3.63, 3.8) is 0 Å². The van der Waals surface area contributed by atoms with E-state index in [-0.39, 0.29) is 0 Å². The SMILES string of the molecule is CCOCc1ccccc1NCCCCSC. The minimum absolute atomic E-state index is 0.699. The molecule has 0 aromatic heterocycles. The summed E-state index contributed by atoms with van der Waals surface area (Å²) >= 11 is 1.91. The summed E-state index contributed by atoms with van der Waals surface area (Å²) in [7, 11) is 0. The summed E-state index contributed by atoms with van der Waals surface area (Å²) in [6.45, 7) is 4.54. The van der Waals surface area contributed by atoms with E-state index in [0.29, 0.717) is 6.61 Å². The van der Waals surface area contributed by atoms with Crippen LogP contribution in [0.25, 0.3) is 0 Å². The van der Waals surface area contributed by atoms with Gasteiger partial charge in [0.25, 0.3) is 0 Å². The first-order valence-corrected chi connectivity index (χ1v) is 7.66. The van der Waals surface area contributed by atoms with E-state index in [0.717, 1.165) is 13.2 Å². The maximum absolute atomic E-state index is 5.46. The van der Waals surface area contributed by atoms with Gasteiger partial charge in [0.05, 0.1) is 6.61 Å². The summed E-state index contributed by atoms with van der Waals surface area (Å²) in [5.41, 5.74) is 2.46. The van der Waals surface area contributed by atoms with E-state index in [1.807, 2.05) is 18.7 Å². The molecule has 0 saturated carbocycles. The second-order valence-electron chi connectivity index (χ2n) is 3.92. The van der Waals surface area contributed by atoms with Crippen molar-refractivity contribution in [3.8, 4) is 0 Å². The quantitative estimate of drug-likeness (QED) is 0.677. The standard InChI is InChI=1S/C14H23NOS/c1-3-16-12-13-8-4-5-9-14(13)15-10-6-7-11-17-2/h4-5,8-9,15H,3,6-7,10-12H2,1-2H3. The van der Waals surface area contributed by atoms with E-state index in [9.17, 15) is 0 Å². The van der Waals surface area contributed by atoms with Crippen LogP contribution in [-0.2, 0) is 11.3 Å². The Bertz CT molecular complexity index is 304. The number of benzene rings is 1. The number of nitrogens with one attached hydrogen (secondary N) is 1. The molecule has 1 rings (SSSR count). The molecule has 0 radical (unpaired) electrons. The van der Waals surface area contributed by atoms with Crippen molar-refractivity contribution in [1.82, 2.24) is 0 Å². The van der Waals surface area contributed by atoms with E-state index in [2.05, 4.69) is 35.8 Å². The Morgan fingerprint density at radius 3 is 2.82 bits per heavy atom. The Labute approximate surface area is 109 Å². The molecule has 0 unspecified atom stereocenters. The third-order valence-electron chi connectivity index (χ3n) is 2.57. The summed E-state index contributed by atoms with van der Waals surface area (Å²) in [6, 6.07) is 8.38. The topological polar surface area (TPSA) is 21.3 Å². The first-order valence-electron chi connectivity index (χ1n) is 6.27. The van der Waals surface area contributed by atoms with Gasteiger partial charge in [0, 0.05) is 24.4 Å². The first kappa shape index (κ1) is 14.4. The van der Waals surface area contributed by atoms with Crippen molar-refractivity contribution in [2.75, 3.05) is 30.5 Å². The van der Waals surface area contributed by atoms with Gasteiger partial charge >= 0.3 is 0 Å². The summed E-state index contributed by atoms with van der Waals surface area (Å²) in [6.07, 6.45) is 4.66. The maximum Gasteiger partial charge on any atom is 0.0736 e. The Morgan fingerprint density at radius 2 is 2.06 bits per heavy atom. The number of rotatable bonds is 9. The number of anilines is 1. The molecule has 17 heavy (non-hydrogen) atoms. The lowest BCUT2D eigenvalue weighted by molar-refractivity contribution is 0.134. The van der Waals surface area contributed by atoms with Crippen LogP contribution in [0.4, 0.5) is 5.69 Å². The molecule has 0 aliphatic carbocycles. The molecule has 0 amide bonds. The molecular weight excluding hydrogens is 230 g/mol. The van der Waals surface area contributed by atoms with Crippen molar-refractivity contribution in [1.29, 1.82) is 0 Å². The van der Waals surface area contributed by atoms with Crippen LogP contribution in [0.5, 0.6) is 0 Å². The molecule has 0 atom stereocenters. The van der Waals surface area contributed by atoms with Crippen LogP contribution >= 0.6 is 11.8 Å². The Kier molecular flexibility index (Phi) is 7.93. The van der Waals surface area contributed by atoms with Crippen LogP contribution in [0.2, 0.25) is 0 Å². The normalized spacial score (nSPS) is 10.5. The minimum Gasteiger partial charge on any atom is -0.385 e. The number of para-hydroxylation sites is 1. The summed E-state index contributed by atoms with van der Waals surface area (Å²) in [4.78, 5) is 0. The lowest BCUT2D eigenvalue weighted by Crippen LogP contribution is -2.05. The van der Waals surface area contributed by atoms with Gasteiger partial charge in [-0.2, -0.15) is 11.8 Å². The van der Waals surface area contributed by atoms with Crippen molar-refractivity contribution in [3.05, 3.63) is 29.8 Å². The third-order valence-corrected chi connectivity index (χ3v) is 3.27. The first-order chi connectivity index (χ1) is 8.38. The molecular formula is C14H23NOS. The molecule has 1 aromatic carbocycles. The molecule has 0 aliphatic rings. The van der Waals surface area contributed by atoms with Crippen LogP contribution in [0.3, 0.4) is 0 Å². The van der Waals surface area contributed by atoms with E-state index in [4.69, 9.17) is 4.74 Å². The monoisotopic (exact) mass is 253 g/mol. The lowest BCUT2D eigenvalue weighted by Gasteiger charge is -2.11. The zero-order valence-corrected chi connectivity index (χ0v) is 11.7. The molecule has 2 nitrogen and oxygen atoms in total. The Morgan fingerprint density at radius 1 is 1.24 bits per heavy atom. The number of unbranched alkanes of at least 4 members (excludes halogenated alkanes) is 1. The van der Waals surface area contributed by atoms with Crippen molar-refractivity contribution < 1.29 is 4.74 Å². The second kappa shape index (κ2) is 9.37.